The molecule has 7 nitrogen and oxygen atoms in total. The molecule has 0 aromatic heterocycles. The van der Waals surface area contributed by atoms with Gasteiger partial charge in [-0.15, -0.1) is 0 Å². The molecular weight excluding hydrogens is 605 g/mol. The van der Waals surface area contributed by atoms with E-state index in [0.717, 1.165) is 21.2 Å². The van der Waals surface area contributed by atoms with E-state index in [-0.39, 0.29) is 18.4 Å². The van der Waals surface area contributed by atoms with E-state index in [1.54, 1.807) is 30.3 Å². The number of amides is 2. The average Bonchev–Trinajstić information content (AvgIpc) is 2.89. The van der Waals surface area contributed by atoms with Crippen LogP contribution in [0.25, 0.3) is 0 Å². The minimum absolute atomic E-state index is 0.176. The van der Waals surface area contributed by atoms with Gasteiger partial charge in [-0.2, -0.15) is 5.10 Å². The monoisotopic (exact) mass is 633 g/mol. The van der Waals surface area contributed by atoms with E-state index in [2.05, 4.69) is 31.8 Å². The molecule has 39 heavy (non-hydrogen) atoms. The Kier molecular flexibility index (Phi) is 11.7. The first-order valence-corrected chi connectivity index (χ1v) is 13.8. The maximum atomic E-state index is 12.8. The molecule has 0 aliphatic heterocycles. The molecule has 3 rings (SSSR count). The van der Waals surface area contributed by atoms with Gasteiger partial charge in [0.15, 0.2) is 6.61 Å². The highest BCUT2D eigenvalue weighted by atomic mass is 79.9. The van der Waals surface area contributed by atoms with E-state index in [0.29, 0.717) is 34.6 Å². The smallest absolute Gasteiger partial charge is 0.262 e. The number of hydrazone groups is 1. The molecule has 0 bridgehead atoms. The summed E-state index contributed by atoms with van der Waals surface area (Å²) in [4.78, 5) is 25.3. The molecule has 0 heterocycles. The molecule has 0 radical (unpaired) electrons. The van der Waals surface area contributed by atoms with Gasteiger partial charge in [-0.1, -0.05) is 61.3 Å². The van der Waals surface area contributed by atoms with Crippen molar-refractivity contribution >= 4 is 57.2 Å². The lowest BCUT2D eigenvalue weighted by atomic mass is 10.0. The third-order valence-corrected chi connectivity index (χ3v) is 6.89. The molecule has 3 aromatic carbocycles. The zero-order valence-electron chi connectivity index (χ0n) is 21.8. The Morgan fingerprint density at radius 2 is 1.77 bits per heavy atom. The number of hydrogen-bond acceptors (Lipinski definition) is 5. The summed E-state index contributed by atoms with van der Waals surface area (Å²) in [6.45, 7) is 5.98. The van der Waals surface area contributed by atoms with Crippen molar-refractivity contribution in [2.24, 2.45) is 11.0 Å². The van der Waals surface area contributed by atoms with Gasteiger partial charge in [0.05, 0.1) is 20.7 Å². The van der Waals surface area contributed by atoms with E-state index in [9.17, 15) is 9.59 Å². The summed E-state index contributed by atoms with van der Waals surface area (Å²) in [6.07, 6.45) is 1.97. The molecule has 2 amide bonds. The van der Waals surface area contributed by atoms with E-state index < -0.39 is 11.9 Å². The molecule has 1 atom stereocenters. The standard InChI is InChI=1S/C29H30BrCl2N3O4/c1-18(2)12-25(34-28(36)17-39-26-7-5-4-6-19(26)3)29(37)35-33-15-20-9-11-27(22(30)13-20)38-16-21-8-10-23(31)24(32)14-21/h4-11,13-15,18,25H,12,16-17H2,1-3H3,(H,34,36)(H,35,37)/b33-15-/t25-/m1/s1. The average molecular weight is 635 g/mol. The zero-order valence-corrected chi connectivity index (χ0v) is 24.9. The van der Waals surface area contributed by atoms with Crippen molar-refractivity contribution in [3.05, 3.63) is 91.9 Å². The number of benzene rings is 3. The number of halogens is 3. The van der Waals surface area contributed by atoms with Crippen LogP contribution in [0.3, 0.4) is 0 Å². The minimum Gasteiger partial charge on any atom is -0.488 e. The number of carbonyl (C=O) groups excluding carboxylic acids is 2. The molecule has 3 aromatic rings. The summed E-state index contributed by atoms with van der Waals surface area (Å²) < 4.78 is 12.2. The third kappa shape index (κ3) is 9.88. The lowest BCUT2D eigenvalue weighted by Crippen LogP contribution is -2.47. The molecule has 10 heteroatoms. The second-order valence-corrected chi connectivity index (χ2v) is 10.9. The Morgan fingerprint density at radius 1 is 1.00 bits per heavy atom. The Morgan fingerprint density at radius 3 is 2.46 bits per heavy atom. The van der Waals surface area contributed by atoms with Crippen LogP contribution in [-0.4, -0.2) is 30.7 Å². The third-order valence-electron chi connectivity index (χ3n) is 5.53. The molecular formula is C29H30BrCl2N3O4. The van der Waals surface area contributed by atoms with Gasteiger partial charge in [-0.3, -0.25) is 9.59 Å². The number of hydrogen-bond donors (Lipinski definition) is 2. The number of para-hydroxylation sites is 1. The van der Waals surface area contributed by atoms with Crippen LogP contribution in [0.4, 0.5) is 0 Å². The van der Waals surface area contributed by atoms with Crippen molar-refractivity contribution in [1.82, 2.24) is 10.7 Å². The van der Waals surface area contributed by atoms with Crippen molar-refractivity contribution < 1.29 is 19.1 Å². The molecule has 0 fully saturated rings. The number of nitrogens with zero attached hydrogens (tertiary/aromatic N) is 1. The predicted octanol–water partition coefficient (Wildman–Crippen LogP) is 6.70. The van der Waals surface area contributed by atoms with Gasteiger partial charge in [0.25, 0.3) is 11.8 Å². The largest absolute Gasteiger partial charge is 0.488 e. The van der Waals surface area contributed by atoms with Gasteiger partial charge in [0.2, 0.25) is 0 Å². The lowest BCUT2D eigenvalue weighted by Gasteiger charge is -2.19. The van der Waals surface area contributed by atoms with Gasteiger partial charge in [0, 0.05) is 0 Å². The summed E-state index contributed by atoms with van der Waals surface area (Å²) in [6, 6.07) is 17.4. The molecule has 0 saturated carbocycles. The Labute approximate surface area is 247 Å². The quantitative estimate of drug-likeness (QED) is 0.171. The number of ether oxygens (including phenoxy) is 2. The number of nitrogens with one attached hydrogen (secondary N) is 2. The van der Waals surface area contributed by atoms with Gasteiger partial charge in [-0.25, -0.2) is 5.43 Å². The van der Waals surface area contributed by atoms with E-state index >= 15 is 0 Å². The van der Waals surface area contributed by atoms with Crippen molar-refractivity contribution in [2.75, 3.05) is 6.61 Å². The highest BCUT2D eigenvalue weighted by Crippen LogP contribution is 2.28. The normalized spacial score (nSPS) is 11.9. The SMILES string of the molecule is Cc1ccccc1OCC(=O)N[C@H](CC(C)C)C(=O)N/N=C\c1ccc(OCc2ccc(Cl)c(Cl)c2)c(Br)c1. The molecule has 0 unspecified atom stereocenters. The summed E-state index contributed by atoms with van der Waals surface area (Å²) in [5.41, 5.74) is 5.07. The van der Waals surface area contributed by atoms with Gasteiger partial charge in [0.1, 0.15) is 24.1 Å². The predicted molar refractivity (Wildman–Crippen MR) is 159 cm³/mol. The van der Waals surface area contributed by atoms with Gasteiger partial charge < -0.3 is 14.8 Å². The van der Waals surface area contributed by atoms with Crippen molar-refractivity contribution in [1.29, 1.82) is 0 Å². The number of carbonyl (C=O) groups is 2. The molecule has 0 aliphatic rings. The Hall–Kier alpha value is -3.07. The van der Waals surface area contributed by atoms with Gasteiger partial charge >= 0.3 is 0 Å². The fraction of sp³-hybridized carbons (Fsp3) is 0.276. The summed E-state index contributed by atoms with van der Waals surface area (Å²) >= 11 is 15.5. The fourth-order valence-electron chi connectivity index (χ4n) is 3.55. The van der Waals surface area contributed by atoms with Crippen LogP contribution in [-0.2, 0) is 16.2 Å². The van der Waals surface area contributed by atoms with Crippen LogP contribution < -0.4 is 20.2 Å². The highest BCUT2D eigenvalue weighted by Gasteiger charge is 2.22. The molecule has 0 saturated heterocycles. The summed E-state index contributed by atoms with van der Waals surface area (Å²) in [5, 5.41) is 7.77. The molecule has 0 spiro atoms. The van der Waals surface area contributed by atoms with Crippen LogP contribution in [0, 0.1) is 12.8 Å². The lowest BCUT2D eigenvalue weighted by molar-refractivity contribution is -0.130. The summed E-state index contributed by atoms with van der Waals surface area (Å²) in [5.74, 6) is 0.636. The van der Waals surface area contributed by atoms with Gasteiger partial charge in [-0.05, 0) is 88.3 Å². The topological polar surface area (TPSA) is 89.0 Å². The molecule has 0 aliphatic carbocycles. The van der Waals surface area contributed by atoms with Crippen molar-refractivity contribution in [2.45, 2.75) is 39.8 Å². The van der Waals surface area contributed by atoms with Crippen LogP contribution in [0.2, 0.25) is 10.0 Å². The van der Waals surface area contributed by atoms with Crippen molar-refractivity contribution in [3.63, 3.8) is 0 Å². The first-order chi connectivity index (χ1) is 18.6. The fourth-order valence-corrected chi connectivity index (χ4v) is 4.39. The summed E-state index contributed by atoms with van der Waals surface area (Å²) in [7, 11) is 0. The second kappa shape index (κ2) is 14.9. The second-order valence-electron chi connectivity index (χ2n) is 9.27. The first kappa shape index (κ1) is 30.5. The zero-order chi connectivity index (χ0) is 28.4. The first-order valence-electron chi connectivity index (χ1n) is 12.3. The van der Waals surface area contributed by atoms with Crippen LogP contribution in [0.15, 0.2) is 70.2 Å². The van der Waals surface area contributed by atoms with Crippen molar-refractivity contribution in [3.8, 4) is 11.5 Å². The van der Waals surface area contributed by atoms with Crippen LogP contribution >= 0.6 is 39.1 Å². The molecule has 2 N–H and O–H groups in total. The minimum atomic E-state index is -0.751. The van der Waals surface area contributed by atoms with E-state index in [1.807, 2.05) is 51.1 Å². The molecule has 206 valence electrons. The highest BCUT2D eigenvalue weighted by molar-refractivity contribution is 9.10. The van der Waals surface area contributed by atoms with E-state index in [4.69, 9.17) is 32.7 Å². The van der Waals surface area contributed by atoms with Crippen LogP contribution in [0.1, 0.15) is 37.0 Å². The Balaban J connectivity index is 1.53. The maximum absolute atomic E-state index is 12.8. The maximum Gasteiger partial charge on any atom is 0.262 e. The van der Waals surface area contributed by atoms with Crippen LogP contribution in [0.5, 0.6) is 11.5 Å². The Bertz CT molecular complexity index is 1330. The number of aryl methyl sites for hydroxylation is 1. The van der Waals surface area contributed by atoms with E-state index in [1.165, 1.54) is 6.21 Å². The number of rotatable bonds is 12.